The summed E-state index contributed by atoms with van der Waals surface area (Å²) in [6, 6.07) is 0.368. The van der Waals surface area contributed by atoms with Gasteiger partial charge in [-0.25, -0.2) is 0 Å². The van der Waals surface area contributed by atoms with E-state index in [2.05, 4.69) is 24.3 Å². The topological polar surface area (TPSA) is 55.9 Å². The van der Waals surface area contributed by atoms with Crippen LogP contribution in [0.4, 0.5) is 11.5 Å². The zero-order valence-electron chi connectivity index (χ0n) is 8.65. The molecule has 0 radical (unpaired) electrons. The van der Waals surface area contributed by atoms with Gasteiger partial charge >= 0.3 is 0 Å². The van der Waals surface area contributed by atoms with Crippen molar-refractivity contribution in [3.05, 3.63) is 6.20 Å². The molecule has 0 unspecified atom stereocenters. The highest BCUT2D eigenvalue weighted by molar-refractivity contribution is 5.85. The van der Waals surface area contributed by atoms with E-state index in [0.717, 1.165) is 12.4 Å². The SMILES string of the molecule is CCn1cc(N)c(NC(C)C)n1.Cl.Cl. The predicted molar refractivity (Wildman–Crippen MR) is 65.6 cm³/mol. The summed E-state index contributed by atoms with van der Waals surface area (Å²) in [5, 5.41) is 7.42. The first-order chi connectivity index (χ1) is 5.63. The molecular weight excluding hydrogens is 223 g/mol. The molecule has 0 saturated heterocycles. The van der Waals surface area contributed by atoms with Crippen molar-refractivity contribution in [3.8, 4) is 0 Å². The number of hydrogen-bond donors (Lipinski definition) is 2. The van der Waals surface area contributed by atoms with Crippen LogP contribution in [0.5, 0.6) is 0 Å². The number of rotatable bonds is 3. The molecule has 0 aliphatic heterocycles. The molecule has 0 aliphatic rings. The fraction of sp³-hybridized carbons (Fsp3) is 0.625. The number of hydrogen-bond acceptors (Lipinski definition) is 3. The van der Waals surface area contributed by atoms with E-state index in [1.165, 1.54) is 0 Å². The average molecular weight is 241 g/mol. The maximum Gasteiger partial charge on any atom is 0.171 e. The van der Waals surface area contributed by atoms with Gasteiger partial charge in [0.15, 0.2) is 5.82 Å². The molecule has 0 amide bonds. The third kappa shape index (κ3) is 4.07. The Balaban J connectivity index is 0. The lowest BCUT2D eigenvalue weighted by Gasteiger charge is -2.06. The number of halogens is 2. The van der Waals surface area contributed by atoms with E-state index in [4.69, 9.17) is 5.73 Å². The van der Waals surface area contributed by atoms with Crippen LogP contribution < -0.4 is 11.1 Å². The van der Waals surface area contributed by atoms with Crippen LogP contribution in [0, 0.1) is 0 Å². The minimum absolute atomic E-state index is 0. The number of anilines is 2. The third-order valence-electron chi connectivity index (χ3n) is 1.54. The zero-order valence-corrected chi connectivity index (χ0v) is 10.3. The van der Waals surface area contributed by atoms with E-state index in [0.29, 0.717) is 11.7 Å². The molecule has 14 heavy (non-hydrogen) atoms. The number of nitrogen functional groups attached to an aromatic ring is 1. The molecule has 4 nitrogen and oxygen atoms in total. The second kappa shape index (κ2) is 6.79. The molecule has 0 aromatic carbocycles. The predicted octanol–water partition coefficient (Wildman–Crippen LogP) is 2.15. The van der Waals surface area contributed by atoms with Crippen LogP contribution in [0.1, 0.15) is 20.8 Å². The van der Waals surface area contributed by atoms with Crippen molar-refractivity contribution < 1.29 is 0 Å². The van der Waals surface area contributed by atoms with Gasteiger partial charge in [-0.2, -0.15) is 5.10 Å². The van der Waals surface area contributed by atoms with Gasteiger partial charge < -0.3 is 11.1 Å². The van der Waals surface area contributed by atoms with E-state index in [1.54, 1.807) is 0 Å². The summed E-state index contributed by atoms with van der Waals surface area (Å²) in [5.41, 5.74) is 6.43. The molecule has 84 valence electrons. The molecule has 0 spiro atoms. The highest BCUT2D eigenvalue weighted by Gasteiger charge is 2.04. The monoisotopic (exact) mass is 240 g/mol. The molecule has 0 atom stereocenters. The van der Waals surface area contributed by atoms with Crippen LogP contribution in [-0.4, -0.2) is 15.8 Å². The summed E-state index contributed by atoms with van der Waals surface area (Å²) in [6.07, 6.45) is 1.84. The Kier molecular flexibility index (Phi) is 7.68. The maximum absolute atomic E-state index is 5.72. The first kappa shape index (κ1) is 15.8. The number of aryl methyl sites for hydroxylation is 1. The van der Waals surface area contributed by atoms with E-state index < -0.39 is 0 Å². The fourth-order valence-corrected chi connectivity index (χ4v) is 0.984. The van der Waals surface area contributed by atoms with Gasteiger partial charge in [0.25, 0.3) is 0 Å². The van der Waals surface area contributed by atoms with Gasteiger partial charge in [0, 0.05) is 12.6 Å². The molecule has 1 heterocycles. The second-order valence-corrected chi connectivity index (χ2v) is 3.09. The smallest absolute Gasteiger partial charge is 0.171 e. The lowest BCUT2D eigenvalue weighted by Crippen LogP contribution is -2.11. The van der Waals surface area contributed by atoms with E-state index in [1.807, 2.05) is 17.8 Å². The maximum atomic E-state index is 5.72. The molecule has 1 rings (SSSR count). The number of aromatic nitrogens is 2. The Morgan fingerprint density at radius 1 is 1.50 bits per heavy atom. The Morgan fingerprint density at radius 2 is 2.07 bits per heavy atom. The first-order valence-corrected chi connectivity index (χ1v) is 4.23. The molecule has 0 aliphatic carbocycles. The van der Waals surface area contributed by atoms with Crippen LogP contribution in [0.3, 0.4) is 0 Å². The van der Waals surface area contributed by atoms with Gasteiger partial charge in [-0.15, -0.1) is 24.8 Å². The molecule has 1 aromatic rings. The first-order valence-electron chi connectivity index (χ1n) is 4.23. The molecule has 3 N–H and O–H groups in total. The van der Waals surface area contributed by atoms with Crippen molar-refractivity contribution in [3.63, 3.8) is 0 Å². The van der Waals surface area contributed by atoms with Crippen molar-refractivity contribution in [2.75, 3.05) is 11.1 Å². The van der Waals surface area contributed by atoms with E-state index in [9.17, 15) is 0 Å². The van der Waals surface area contributed by atoms with Crippen LogP contribution in [-0.2, 0) is 6.54 Å². The highest BCUT2D eigenvalue weighted by Crippen LogP contribution is 2.15. The van der Waals surface area contributed by atoms with Crippen molar-refractivity contribution >= 4 is 36.3 Å². The van der Waals surface area contributed by atoms with Crippen molar-refractivity contribution in [2.24, 2.45) is 0 Å². The molecule has 6 heteroatoms. The summed E-state index contributed by atoms with van der Waals surface area (Å²) < 4.78 is 1.82. The number of nitrogens with one attached hydrogen (secondary N) is 1. The molecule has 0 fully saturated rings. The standard InChI is InChI=1S/C8H16N4.2ClH/c1-4-12-5-7(9)8(11-12)10-6(2)3;;/h5-6H,4,9H2,1-3H3,(H,10,11);2*1H. The van der Waals surface area contributed by atoms with Gasteiger partial charge in [-0.3, -0.25) is 4.68 Å². The van der Waals surface area contributed by atoms with Crippen LogP contribution in [0.25, 0.3) is 0 Å². The fourth-order valence-electron chi connectivity index (χ4n) is 0.984. The quantitative estimate of drug-likeness (QED) is 0.852. The highest BCUT2D eigenvalue weighted by atomic mass is 35.5. The Bertz CT molecular complexity index is 260. The Labute approximate surface area is 97.1 Å². The summed E-state index contributed by atoms with van der Waals surface area (Å²) in [5.74, 6) is 0.784. The van der Waals surface area contributed by atoms with Crippen LogP contribution in [0.2, 0.25) is 0 Å². The molecular formula is C8H18Cl2N4. The van der Waals surface area contributed by atoms with E-state index in [-0.39, 0.29) is 24.8 Å². The number of nitrogens with zero attached hydrogens (tertiary/aromatic N) is 2. The van der Waals surface area contributed by atoms with Crippen LogP contribution >= 0.6 is 24.8 Å². The van der Waals surface area contributed by atoms with Gasteiger partial charge in [-0.05, 0) is 20.8 Å². The second-order valence-electron chi connectivity index (χ2n) is 3.09. The van der Waals surface area contributed by atoms with Crippen LogP contribution in [0.15, 0.2) is 6.20 Å². The lowest BCUT2D eigenvalue weighted by atomic mass is 10.4. The molecule has 1 aromatic heterocycles. The largest absolute Gasteiger partial charge is 0.394 e. The van der Waals surface area contributed by atoms with Gasteiger partial charge in [-0.1, -0.05) is 0 Å². The Morgan fingerprint density at radius 3 is 2.43 bits per heavy atom. The van der Waals surface area contributed by atoms with Gasteiger partial charge in [0.1, 0.15) is 0 Å². The molecule has 0 bridgehead atoms. The summed E-state index contributed by atoms with van der Waals surface area (Å²) in [6.45, 7) is 7.00. The van der Waals surface area contributed by atoms with Crippen molar-refractivity contribution in [1.29, 1.82) is 0 Å². The average Bonchev–Trinajstić information content (AvgIpc) is 2.31. The summed E-state index contributed by atoms with van der Waals surface area (Å²) in [4.78, 5) is 0. The zero-order chi connectivity index (χ0) is 9.14. The summed E-state index contributed by atoms with van der Waals surface area (Å²) in [7, 11) is 0. The molecule has 0 saturated carbocycles. The minimum Gasteiger partial charge on any atom is -0.394 e. The minimum atomic E-state index is 0. The number of nitrogens with two attached hydrogens (primary N) is 1. The van der Waals surface area contributed by atoms with Crippen molar-refractivity contribution in [1.82, 2.24) is 9.78 Å². The lowest BCUT2D eigenvalue weighted by molar-refractivity contribution is 0.659. The summed E-state index contributed by atoms with van der Waals surface area (Å²) >= 11 is 0. The normalized spacial score (nSPS) is 9.14. The van der Waals surface area contributed by atoms with Crippen molar-refractivity contribution in [2.45, 2.75) is 33.4 Å². The van der Waals surface area contributed by atoms with Gasteiger partial charge in [0.05, 0.1) is 11.9 Å². The van der Waals surface area contributed by atoms with Gasteiger partial charge in [0.2, 0.25) is 0 Å². The third-order valence-corrected chi connectivity index (χ3v) is 1.54. The van der Waals surface area contributed by atoms with E-state index >= 15 is 0 Å². The Hall–Kier alpha value is -0.610.